The van der Waals surface area contributed by atoms with Gasteiger partial charge in [0.2, 0.25) is 0 Å². The number of ketones is 1. The molecule has 0 bridgehead atoms. The molecule has 0 fully saturated rings. The monoisotopic (exact) mass is 264 g/mol. The van der Waals surface area contributed by atoms with Crippen molar-refractivity contribution in [3.8, 4) is 5.75 Å². The summed E-state index contributed by atoms with van der Waals surface area (Å²) in [6.07, 6.45) is -0.238. The van der Waals surface area contributed by atoms with Crippen LogP contribution in [-0.4, -0.2) is 25.0 Å². The van der Waals surface area contributed by atoms with Gasteiger partial charge in [0.25, 0.3) is 0 Å². The highest BCUT2D eigenvalue weighted by Gasteiger charge is 2.13. The molecule has 1 rings (SSSR count). The Morgan fingerprint density at radius 3 is 2.37 bits per heavy atom. The van der Waals surface area contributed by atoms with Crippen molar-refractivity contribution in [1.29, 1.82) is 0 Å². The zero-order chi connectivity index (χ0) is 14.4. The fourth-order valence-corrected chi connectivity index (χ4v) is 1.72. The van der Waals surface area contributed by atoms with Crippen molar-refractivity contribution < 1.29 is 19.1 Å². The Balaban J connectivity index is 2.60. The summed E-state index contributed by atoms with van der Waals surface area (Å²) < 4.78 is 10.2. The molecular weight excluding hydrogens is 244 g/mol. The second-order valence-corrected chi connectivity index (χ2v) is 4.46. The molecule has 0 aliphatic heterocycles. The van der Waals surface area contributed by atoms with E-state index in [0.29, 0.717) is 0 Å². The average molecular weight is 264 g/mol. The van der Waals surface area contributed by atoms with E-state index in [0.717, 1.165) is 22.4 Å². The summed E-state index contributed by atoms with van der Waals surface area (Å²) >= 11 is 0. The number of Topliss-reactive ketones (excluding diaryl/α,β-unsaturated/α-hetero) is 1. The van der Waals surface area contributed by atoms with Gasteiger partial charge in [-0.3, -0.25) is 9.59 Å². The lowest BCUT2D eigenvalue weighted by molar-refractivity contribution is -0.145. The zero-order valence-corrected chi connectivity index (χ0v) is 11.9. The minimum Gasteiger partial charge on any atom is -0.485 e. The van der Waals surface area contributed by atoms with Crippen LogP contribution in [0, 0.1) is 20.8 Å². The normalized spacial score (nSPS) is 10.1. The second-order valence-electron chi connectivity index (χ2n) is 4.46. The van der Waals surface area contributed by atoms with Crippen LogP contribution in [0.2, 0.25) is 0 Å². The van der Waals surface area contributed by atoms with E-state index in [1.54, 1.807) is 6.92 Å². The Morgan fingerprint density at radius 1 is 1.11 bits per heavy atom. The number of rotatable bonds is 6. The lowest BCUT2D eigenvalue weighted by Gasteiger charge is -2.13. The predicted octanol–water partition coefficient (Wildman–Crippen LogP) is 2.51. The smallest absolute Gasteiger partial charge is 0.313 e. The van der Waals surface area contributed by atoms with Gasteiger partial charge in [-0.1, -0.05) is 12.1 Å². The topological polar surface area (TPSA) is 52.6 Å². The third kappa shape index (κ3) is 4.39. The molecule has 19 heavy (non-hydrogen) atoms. The summed E-state index contributed by atoms with van der Waals surface area (Å²) in [5.41, 5.74) is 3.11. The summed E-state index contributed by atoms with van der Waals surface area (Å²) in [5, 5.41) is 0. The van der Waals surface area contributed by atoms with Gasteiger partial charge in [-0.15, -0.1) is 0 Å². The first-order valence-corrected chi connectivity index (χ1v) is 6.32. The van der Waals surface area contributed by atoms with Crippen LogP contribution in [0.4, 0.5) is 0 Å². The molecule has 0 saturated carbocycles. The molecule has 4 heteroatoms. The molecule has 0 amide bonds. The maximum atomic E-state index is 11.6. The van der Waals surface area contributed by atoms with Gasteiger partial charge in [-0.25, -0.2) is 0 Å². The molecular formula is C15H20O4. The van der Waals surface area contributed by atoms with Crippen LogP contribution in [0.15, 0.2) is 12.1 Å². The molecule has 0 aliphatic rings. The summed E-state index contributed by atoms with van der Waals surface area (Å²) in [5.74, 6) is -0.0650. The van der Waals surface area contributed by atoms with E-state index < -0.39 is 5.97 Å². The number of hydrogen-bond acceptors (Lipinski definition) is 4. The van der Waals surface area contributed by atoms with Crippen molar-refractivity contribution in [3.63, 3.8) is 0 Å². The minimum absolute atomic E-state index is 0.107. The fourth-order valence-electron chi connectivity index (χ4n) is 1.72. The molecule has 104 valence electrons. The predicted molar refractivity (Wildman–Crippen MR) is 72.4 cm³/mol. The Morgan fingerprint density at radius 2 is 1.74 bits per heavy atom. The highest BCUT2D eigenvalue weighted by atomic mass is 16.5. The SMILES string of the molecule is CCOC(=O)CC(=O)COc1c(C)ccc(C)c1C. The van der Waals surface area contributed by atoms with Gasteiger partial charge in [-0.2, -0.15) is 0 Å². The summed E-state index contributed by atoms with van der Waals surface area (Å²) in [6.45, 7) is 7.75. The second kappa shape index (κ2) is 6.92. The van der Waals surface area contributed by atoms with E-state index in [1.807, 2.05) is 32.9 Å². The maximum Gasteiger partial charge on any atom is 0.313 e. The van der Waals surface area contributed by atoms with Crippen molar-refractivity contribution in [1.82, 2.24) is 0 Å². The van der Waals surface area contributed by atoms with Crippen LogP contribution in [0.1, 0.15) is 30.0 Å². The van der Waals surface area contributed by atoms with Gasteiger partial charge >= 0.3 is 5.97 Å². The van der Waals surface area contributed by atoms with Crippen LogP contribution in [-0.2, 0) is 14.3 Å². The van der Waals surface area contributed by atoms with Crippen LogP contribution in [0.3, 0.4) is 0 Å². The zero-order valence-electron chi connectivity index (χ0n) is 11.9. The Kier molecular flexibility index (Phi) is 5.55. The van der Waals surface area contributed by atoms with Crippen molar-refractivity contribution in [2.24, 2.45) is 0 Å². The first kappa shape index (κ1) is 15.2. The lowest BCUT2D eigenvalue weighted by Crippen LogP contribution is -2.18. The maximum absolute atomic E-state index is 11.6. The minimum atomic E-state index is -0.506. The van der Waals surface area contributed by atoms with Gasteiger partial charge < -0.3 is 9.47 Å². The Labute approximate surface area is 113 Å². The molecule has 4 nitrogen and oxygen atoms in total. The highest BCUT2D eigenvalue weighted by Crippen LogP contribution is 2.25. The van der Waals surface area contributed by atoms with E-state index in [4.69, 9.17) is 9.47 Å². The average Bonchev–Trinajstić information content (AvgIpc) is 2.34. The number of carbonyl (C=O) groups excluding carboxylic acids is 2. The van der Waals surface area contributed by atoms with E-state index in [9.17, 15) is 9.59 Å². The molecule has 0 unspecified atom stereocenters. The first-order chi connectivity index (χ1) is 8.95. The van der Waals surface area contributed by atoms with Gasteiger partial charge in [0.05, 0.1) is 6.61 Å². The molecule has 0 atom stereocenters. The van der Waals surface area contributed by atoms with Gasteiger partial charge in [0.1, 0.15) is 18.8 Å². The third-order valence-electron chi connectivity index (χ3n) is 2.90. The van der Waals surface area contributed by atoms with E-state index in [2.05, 4.69) is 0 Å². The van der Waals surface area contributed by atoms with Gasteiger partial charge in [-0.05, 0) is 44.4 Å². The molecule has 0 N–H and O–H groups in total. The quantitative estimate of drug-likeness (QED) is 0.585. The number of hydrogen-bond donors (Lipinski definition) is 0. The summed E-state index contributed by atoms with van der Waals surface area (Å²) in [7, 11) is 0. The van der Waals surface area contributed by atoms with Crippen LogP contribution in [0.25, 0.3) is 0 Å². The van der Waals surface area contributed by atoms with Crippen LogP contribution < -0.4 is 4.74 Å². The van der Waals surface area contributed by atoms with Gasteiger partial charge in [0.15, 0.2) is 5.78 Å². The van der Waals surface area contributed by atoms with Crippen molar-refractivity contribution in [2.45, 2.75) is 34.1 Å². The number of aryl methyl sites for hydroxylation is 2. The molecule has 1 aromatic rings. The number of benzene rings is 1. The van der Waals surface area contributed by atoms with E-state index >= 15 is 0 Å². The van der Waals surface area contributed by atoms with Crippen molar-refractivity contribution >= 4 is 11.8 Å². The van der Waals surface area contributed by atoms with Crippen LogP contribution in [0.5, 0.6) is 5.75 Å². The summed E-state index contributed by atoms with van der Waals surface area (Å²) in [4.78, 5) is 22.7. The molecule has 0 radical (unpaired) electrons. The number of carbonyl (C=O) groups is 2. The molecule has 0 aromatic heterocycles. The van der Waals surface area contributed by atoms with Gasteiger partial charge in [0, 0.05) is 0 Å². The summed E-state index contributed by atoms with van der Waals surface area (Å²) in [6, 6.07) is 3.96. The first-order valence-electron chi connectivity index (χ1n) is 6.32. The van der Waals surface area contributed by atoms with E-state index in [1.165, 1.54) is 0 Å². The Bertz CT molecular complexity index is 477. The molecule has 1 aromatic carbocycles. The van der Waals surface area contributed by atoms with Crippen molar-refractivity contribution in [3.05, 3.63) is 28.8 Å². The highest BCUT2D eigenvalue weighted by molar-refractivity contribution is 5.96. The molecule has 0 aliphatic carbocycles. The van der Waals surface area contributed by atoms with Crippen LogP contribution >= 0.6 is 0 Å². The lowest BCUT2D eigenvalue weighted by atomic mass is 10.1. The fraction of sp³-hybridized carbons (Fsp3) is 0.467. The third-order valence-corrected chi connectivity index (χ3v) is 2.90. The van der Waals surface area contributed by atoms with E-state index in [-0.39, 0.29) is 25.4 Å². The molecule has 0 heterocycles. The molecule has 0 saturated heterocycles. The number of esters is 1. The molecule has 0 spiro atoms. The standard InChI is InChI=1S/C15H20O4/c1-5-18-14(17)8-13(16)9-19-15-11(3)7-6-10(2)12(15)4/h6-7H,5,8-9H2,1-4H3. The largest absolute Gasteiger partial charge is 0.485 e. The Hall–Kier alpha value is -1.84. The number of ether oxygens (including phenoxy) is 2. The van der Waals surface area contributed by atoms with Crippen molar-refractivity contribution in [2.75, 3.05) is 13.2 Å².